The average Bonchev–Trinajstić information content (AvgIpc) is 2.94. The second kappa shape index (κ2) is 6.31. The van der Waals surface area contributed by atoms with Crippen LogP contribution in [0, 0.1) is 0 Å². The molecular weight excluding hydrogens is 262 g/mol. The summed E-state index contributed by atoms with van der Waals surface area (Å²) in [5.74, 6) is 2.73. The van der Waals surface area contributed by atoms with Crippen molar-refractivity contribution in [2.24, 2.45) is 7.05 Å². The van der Waals surface area contributed by atoms with E-state index in [4.69, 9.17) is 4.74 Å². The van der Waals surface area contributed by atoms with E-state index in [2.05, 4.69) is 33.6 Å². The van der Waals surface area contributed by atoms with Gasteiger partial charge in [-0.3, -0.25) is 4.90 Å². The van der Waals surface area contributed by atoms with E-state index in [9.17, 15) is 0 Å². The largest absolute Gasteiger partial charge is 0.496 e. The first-order valence-corrected chi connectivity index (χ1v) is 7.59. The van der Waals surface area contributed by atoms with E-state index in [0.29, 0.717) is 5.92 Å². The van der Waals surface area contributed by atoms with E-state index in [1.54, 1.807) is 7.11 Å². The first kappa shape index (κ1) is 14.1. The summed E-state index contributed by atoms with van der Waals surface area (Å²) in [6.07, 6.45) is 6.39. The molecule has 1 unspecified atom stereocenters. The van der Waals surface area contributed by atoms with Gasteiger partial charge in [0.1, 0.15) is 11.6 Å². The molecule has 0 radical (unpaired) electrons. The molecular formula is C17H23N3O. The molecule has 3 rings (SSSR count). The lowest BCUT2D eigenvalue weighted by Gasteiger charge is -2.32. The molecule has 0 N–H and O–H groups in total. The molecule has 4 heteroatoms. The number of methoxy groups -OCH3 is 1. The number of hydrogen-bond acceptors (Lipinski definition) is 3. The normalized spacial score (nSPS) is 19.6. The molecule has 1 aromatic heterocycles. The van der Waals surface area contributed by atoms with Gasteiger partial charge in [-0.05, 0) is 25.5 Å². The van der Waals surface area contributed by atoms with Gasteiger partial charge < -0.3 is 9.30 Å². The topological polar surface area (TPSA) is 30.3 Å². The van der Waals surface area contributed by atoms with Gasteiger partial charge in [0.15, 0.2) is 0 Å². The zero-order valence-corrected chi connectivity index (χ0v) is 12.8. The molecule has 0 bridgehead atoms. The van der Waals surface area contributed by atoms with Crippen LogP contribution in [0.4, 0.5) is 0 Å². The van der Waals surface area contributed by atoms with Gasteiger partial charge in [0, 0.05) is 44.0 Å². The highest BCUT2D eigenvalue weighted by Crippen LogP contribution is 2.28. The molecule has 0 spiro atoms. The number of benzene rings is 1. The molecule has 1 fully saturated rings. The maximum absolute atomic E-state index is 5.46. The second-order valence-corrected chi connectivity index (χ2v) is 5.78. The lowest BCUT2D eigenvalue weighted by atomic mass is 9.96. The van der Waals surface area contributed by atoms with E-state index < -0.39 is 0 Å². The van der Waals surface area contributed by atoms with Gasteiger partial charge in [-0.15, -0.1) is 0 Å². The highest BCUT2D eigenvalue weighted by molar-refractivity contribution is 5.33. The molecule has 1 saturated heterocycles. The number of rotatable bonds is 4. The predicted molar refractivity (Wildman–Crippen MR) is 83.5 cm³/mol. The summed E-state index contributed by atoms with van der Waals surface area (Å²) < 4.78 is 7.61. The van der Waals surface area contributed by atoms with Crippen molar-refractivity contribution in [3.05, 3.63) is 48.0 Å². The van der Waals surface area contributed by atoms with E-state index in [1.807, 2.05) is 24.5 Å². The standard InChI is InChI=1S/C17H23N3O/c1-19-11-9-18-17(19)15-7-5-10-20(13-15)12-14-6-3-4-8-16(14)21-2/h3-4,6,8-9,11,15H,5,7,10,12-13H2,1-2H3. The van der Waals surface area contributed by atoms with E-state index in [0.717, 1.165) is 25.4 Å². The monoisotopic (exact) mass is 285 g/mol. The summed E-state index contributed by atoms with van der Waals surface area (Å²) in [6, 6.07) is 8.30. The van der Waals surface area contributed by atoms with Crippen LogP contribution in [0.2, 0.25) is 0 Å². The Labute approximate surface area is 126 Å². The quantitative estimate of drug-likeness (QED) is 0.865. The minimum Gasteiger partial charge on any atom is -0.496 e. The van der Waals surface area contributed by atoms with Crippen molar-refractivity contribution in [1.82, 2.24) is 14.5 Å². The Kier molecular flexibility index (Phi) is 4.25. The molecule has 1 aliphatic heterocycles. The Morgan fingerprint density at radius 3 is 2.95 bits per heavy atom. The third kappa shape index (κ3) is 3.10. The summed E-state index contributed by atoms with van der Waals surface area (Å²) in [4.78, 5) is 7.04. The predicted octanol–water partition coefficient (Wildman–Crippen LogP) is 2.81. The van der Waals surface area contributed by atoms with Crippen LogP contribution in [0.25, 0.3) is 0 Å². The van der Waals surface area contributed by atoms with Crippen LogP contribution < -0.4 is 4.74 Å². The average molecular weight is 285 g/mol. The van der Waals surface area contributed by atoms with E-state index >= 15 is 0 Å². The van der Waals surface area contributed by atoms with Gasteiger partial charge in [-0.25, -0.2) is 4.98 Å². The van der Waals surface area contributed by atoms with Crippen molar-refractivity contribution in [2.75, 3.05) is 20.2 Å². The van der Waals surface area contributed by atoms with Crippen LogP contribution in [0.3, 0.4) is 0 Å². The second-order valence-electron chi connectivity index (χ2n) is 5.78. The summed E-state index contributed by atoms with van der Waals surface area (Å²) in [5.41, 5.74) is 1.26. The van der Waals surface area contributed by atoms with Crippen molar-refractivity contribution >= 4 is 0 Å². The molecule has 2 aromatic rings. The van der Waals surface area contributed by atoms with Crippen LogP contribution in [0.1, 0.15) is 30.1 Å². The number of nitrogens with zero attached hydrogens (tertiary/aromatic N) is 3. The third-order valence-corrected chi connectivity index (χ3v) is 4.32. The van der Waals surface area contributed by atoms with Crippen LogP contribution >= 0.6 is 0 Å². The van der Waals surface area contributed by atoms with Crippen molar-refractivity contribution in [2.45, 2.75) is 25.3 Å². The van der Waals surface area contributed by atoms with Crippen molar-refractivity contribution in [3.63, 3.8) is 0 Å². The number of ether oxygens (including phenoxy) is 1. The number of aryl methyl sites for hydroxylation is 1. The molecule has 0 aliphatic carbocycles. The number of likely N-dealkylation sites (tertiary alicyclic amines) is 1. The molecule has 0 saturated carbocycles. The first-order valence-electron chi connectivity index (χ1n) is 7.59. The Morgan fingerprint density at radius 1 is 1.33 bits per heavy atom. The third-order valence-electron chi connectivity index (χ3n) is 4.32. The zero-order valence-electron chi connectivity index (χ0n) is 12.8. The Bertz CT molecular complexity index is 593. The SMILES string of the molecule is COc1ccccc1CN1CCCC(c2nccn2C)C1. The van der Waals surface area contributed by atoms with E-state index in [1.165, 1.54) is 24.2 Å². The van der Waals surface area contributed by atoms with Crippen LogP contribution in [0.5, 0.6) is 5.75 Å². The lowest BCUT2D eigenvalue weighted by molar-refractivity contribution is 0.193. The fraction of sp³-hybridized carbons (Fsp3) is 0.471. The van der Waals surface area contributed by atoms with Gasteiger partial charge in [0.2, 0.25) is 0 Å². The summed E-state index contributed by atoms with van der Waals surface area (Å²) in [6.45, 7) is 3.17. The Hall–Kier alpha value is -1.81. The Morgan fingerprint density at radius 2 is 2.19 bits per heavy atom. The van der Waals surface area contributed by atoms with Gasteiger partial charge in [-0.1, -0.05) is 18.2 Å². The summed E-state index contributed by atoms with van der Waals surface area (Å²) in [5, 5.41) is 0. The Balaban J connectivity index is 1.70. The fourth-order valence-electron chi connectivity index (χ4n) is 3.25. The molecule has 1 aliphatic rings. The van der Waals surface area contributed by atoms with Gasteiger partial charge >= 0.3 is 0 Å². The van der Waals surface area contributed by atoms with Gasteiger partial charge in [-0.2, -0.15) is 0 Å². The lowest BCUT2D eigenvalue weighted by Crippen LogP contribution is -2.34. The van der Waals surface area contributed by atoms with Gasteiger partial charge in [0.25, 0.3) is 0 Å². The molecule has 21 heavy (non-hydrogen) atoms. The number of aromatic nitrogens is 2. The number of para-hydroxylation sites is 1. The molecule has 1 aromatic carbocycles. The highest BCUT2D eigenvalue weighted by Gasteiger charge is 2.24. The highest BCUT2D eigenvalue weighted by atomic mass is 16.5. The summed E-state index contributed by atoms with van der Waals surface area (Å²) in [7, 11) is 3.83. The maximum Gasteiger partial charge on any atom is 0.123 e. The van der Waals surface area contributed by atoms with Gasteiger partial charge in [0.05, 0.1) is 7.11 Å². The van der Waals surface area contributed by atoms with Crippen LogP contribution in [-0.2, 0) is 13.6 Å². The smallest absolute Gasteiger partial charge is 0.123 e. The molecule has 1 atom stereocenters. The summed E-state index contributed by atoms with van der Waals surface area (Å²) >= 11 is 0. The van der Waals surface area contributed by atoms with Crippen LogP contribution in [-0.4, -0.2) is 34.7 Å². The number of imidazole rings is 1. The van der Waals surface area contributed by atoms with Crippen molar-refractivity contribution < 1.29 is 4.74 Å². The first-order chi connectivity index (χ1) is 10.3. The molecule has 2 heterocycles. The van der Waals surface area contributed by atoms with Crippen LogP contribution in [0.15, 0.2) is 36.7 Å². The minimum atomic E-state index is 0.536. The number of hydrogen-bond donors (Lipinski definition) is 0. The fourth-order valence-corrected chi connectivity index (χ4v) is 3.25. The molecule has 112 valence electrons. The number of piperidine rings is 1. The maximum atomic E-state index is 5.46. The van der Waals surface area contributed by atoms with Crippen molar-refractivity contribution in [3.8, 4) is 5.75 Å². The van der Waals surface area contributed by atoms with Crippen molar-refractivity contribution in [1.29, 1.82) is 0 Å². The zero-order chi connectivity index (χ0) is 14.7. The minimum absolute atomic E-state index is 0.536. The molecule has 0 amide bonds. The molecule has 4 nitrogen and oxygen atoms in total. The van der Waals surface area contributed by atoms with E-state index in [-0.39, 0.29) is 0 Å².